The minimum Gasteiger partial charge on any atom is -0.455 e. The van der Waals surface area contributed by atoms with Crippen molar-refractivity contribution in [1.29, 1.82) is 0 Å². The summed E-state index contributed by atoms with van der Waals surface area (Å²) in [6, 6.07) is 70.4. The summed E-state index contributed by atoms with van der Waals surface area (Å²) in [5.41, 5.74) is 8.96. The summed E-state index contributed by atoms with van der Waals surface area (Å²) in [6.07, 6.45) is 0. The molecule has 0 saturated heterocycles. The molecule has 59 heavy (non-hydrogen) atoms. The van der Waals surface area contributed by atoms with Crippen molar-refractivity contribution in [3.63, 3.8) is 0 Å². The van der Waals surface area contributed by atoms with Gasteiger partial charge in [-0.15, -0.1) is 0 Å². The minimum atomic E-state index is 0.625. The second-order valence-electron chi connectivity index (χ2n) is 15.1. The van der Waals surface area contributed by atoms with E-state index in [9.17, 15) is 0 Å². The van der Waals surface area contributed by atoms with Gasteiger partial charge in [-0.1, -0.05) is 182 Å². The Kier molecular flexibility index (Phi) is 7.50. The van der Waals surface area contributed by atoms with Gasteiger partial charge in [0, 0.05) is 38.4 Å². The largest absolute Gasteiger partial charge is 0.455 e. The van der Waals surface area contributed by atoms with E-state index in [0.29, 0.717) is 17.5 Å². The van der Waals surface area contributed by atoms with Gasteiger partial charge in [-0.2, -0.15) is 0 Å². The Bertz CT molecular complexity index is 3520. The van der Waals surface area contributed by atoms with Crippen LogP contribution in [-0.4, -0.2) is 15.0 Å². The van der Waals surface area contributed by atoms with Gasteiger partial charge in [-0.3, -0.25) is 0 Å². The molecule has 2 heterocycles. The Labute approximate surface area is 339 Å². The first-order valence-corrected chi connectivity index (χ1v) is 19.9. The number of rotatable bonds is 5. The van der Waals surface area contributed by atoms with Crippen molar-refractivity contribution in [1.82, 2.24) is 15.0 Å². The highest BCUT2D eigenvalue weighted by atomic mass is 16.3. The molecular weight excluding hydrogens is 719 g/mol. The van der Waals surface area contributed by atoms with Gasteiger partial charge >= 0.3 is 0 Å². The summed E-state index contributed by atoms with van der Waals surface area (Å²) in [4.78, 5) is 15.0. The predicted octanol–water partition coefficient (Wildman–Crippen LogP) is 14.7. The SMILES string of the molecule is c1ccc(-c2nc(-c3ccccc3)nc(-c3cccc(-c4cc5c6cccc(-c7ccc8c9ccccc9c9ccccc9c8c7)c6oc5c5ccccc45)c3)n2)cc1. The summed E-state index contributed by atoms with van der Waals surface area (Å²) in [5.74, 6) is 1.90. The van der Waals surface area contributed by atoms with E-state index in [4.69, 9.17) is 19.4 Å². The molecule has 0 amide bonds. The van der Waals surface area contributed by atoms with Gasteiger partial charge in [-0.05, 0) is 72.6 Å². The summed E-state index contributed by atoms with van der Waals surface area (Å²) >= 11 is 0. The summed E-state index contributed by atoms with van der Waals surface area (Å²) in [5, 5.41) is 11.9. The van der Waals surface area contributed by atoms with Crippen molar-refractivity contribution in [3.05, 3.63) is 200 Å². The van der Waals surface area contributed by atoms with Gasteiger partial charge < -0.3 is 4.42 Å². The third kappa shape index (κ3) is 5.42. The number of benzene rings is 10. The lowest BCUT2D eigenvalue weighted by Gasteiger charge is -2.12. The Balaban J connectivity index is 1.03. The number of hydrogen-bond acceptors (Lipinski definition) is 4. The van der Waals surface area contributed by atoms with Gasteiger partial charge in [0.25, 0.3) is 0 Å². The molecule has 0 saturated carbocycles. The summed E-state index contributed by atoms with van der Waals surface area (Å²) in [6.45, 7) is 0. The van der Waals surface area contributed by atoms with E-state index < -0.39 is 0 Å². The molecule has 274 valence electrons. The molecule has 0 N–H and O–H groups in total. The zero-order chi connectivity index (χ0) is 38.9. The highest BCUT2D eigenvalue weighted by Crippen LogP contribution is 2.44. The molecule has 0 spiro atoms. The van der Waals surface area contributed by atoms with Crippen LogP contribution in [0.25, 0.3) is 121 Å². The van der Waals surface area contributed by atoms with Crippen molar-refractivity contribution >= 4 is 65.0 Å². The molecule has 12 aromatic rings. The Morgan fingerprint density at radius 1 is 0.237 bits per heavy atom. The van der Waals surface area contributed by atoms with E-state index in [-0.39, 0.29) is 0 Å². The zero-order valence-corrected chi connectivity index (χ0v) is 31.8. The van der Waals surface area contributed by atoms with Crippen molar-refractivity contribution in [2.75, 3.05) is 0 Å². The number of hydrogen-bond donors (Lipinski definition) is 0. The molecule has 0 unspecified atom stereocenters. The quantitative estimate of drug-likeness (QED) is 0.164. The fraction of sp³-hybridized carbons (Fsp3) is 0. The van der Waals surface area contributed by atoms with Crippen LogP contribution in [0.15, 0.2) is 205 Å². The second-order valence-corrected chi connectivity index (χ2v) is 15.1. The van der Waals surface area contributed by atoms with Crippen molar-refractivity contribution in [3.8, 4) is 56.4 Å². The van der Waals surface area contributed by atoms with Crippen LogP contribution in [0.3, 0.4) is 0 Å². The molecule has 4 heteroatoms. The number of aromatic nitrogens is 3. The monoisotopic (exact) mass is 751 g/mol. The van der Waals surface area contributed by atoms with Crippen LogP contribution >= 0.6 is 0 Å². The van der Waals surface area contributed by atoms with Gasteiger partial charge in [0.05, 0.1) is 0 Å². The third-order valence-corrected chi connectivity index (χ3v) is 11.7. The maximum absolute atomic E-state index is 6.99. The van der Waals surface area contributed by atoms with Gasteiger partial charge in [0.1, 0.15) is 11.2 Å². The van der Waals surface area contributed by atoms with Gasteiger partial charge in [0.15, 0.2) is 17.5 Å². The molecule has 0 aliphatic rings. The number of para-hydroxylation sites is 1. The molecule has 0 radical (unpaired) electrons. The lowest BCUT2D eigenvalue weighted by molar-refractivity contribution is 0.674. The molecule has 0 aliphatic carbocycles. The number of nitrogens with zero attached hydrogens (tertiary/aromatic N) is 3. The van der Waals surface area contributed by atoms with E-state index >= 15 is 0 Å². The van der Waals surface area contributed by atoms with E-state index in [1.807, 2.05) is 60.7 Å². The zero-order valence-electron chi connectivity index (χ0n) is 31.8. The maximum Gasteiger partial charge on any atom is 0.164 e. The molecule has 0 fully saturated rings. The van der Waals surface area contributed by atoms with Crippen LogP contribution in [0.5, 0.6) is 0 Å². The van der Waals surface area contributed by atoms with E-state index in [2.05, 4.69) is 140 Å². The molecule has 2 aromatic heterocycles. The first kappa shape index (κ1) is 33.2. The summed E-state index contributed by atoms with van der Waals surface area (Å²) in [7, 11) is 0. The number of fused-ring (bicyclic) bond motifs is 11. The van der Waals surface area contributed by atoms with E-state index in [1.165, 1.54) is 32.3 Å². The molecule has 0 bridgehead atoms. The lowest BCUT2D eigenvalue weighted by Crippen LogP contribution is -2.00. The smallest absolute Gasteiger partial charge is 0.164 e. The van der Waals surface area contributed by atoms with Crippen LogP contribution < -0.4 is 0 Å². The molecule has 0 aliphatic heterocycles. The van der Waals surface area contributed by atoms with Crippen molar-refractivity contribution < 1.29 is 4.42 Å². The van der Waals surface area contributed by atoms with E-state index in [0.717, 1.165) is 71.7 Å². The maximum atomic E-state index is 6.99. The molecular formula is C55H33N3O. The molecule has 10 aromatic carbocycles. The highest BCUT2D eigenvalue weighted by Gasteiger charge is 2.19. The van der Waals surface area contributed by atoms with Crippen LogP contribution in [0.1, 0.15) is 0 Å². The molecule has 0 atom stereocenters. The van der Waals surface area contributed by atoms with Crippen LogP contribution in [0.2, 0.25) is 0 Å². The fourth-order valence-electron chi connectivity index (χ4n) is 8.92. The van der Waals surface area contributed by atoms with Crippen LogP contribution in [0, 0.1) is 0 Å². The standard InChI is InChI=1S/C55H33N3O/c1-3-15-34(16-4-1)53-56-54(35-17-5-2-6-18-35)58-55(57-53)38-20-13-19-36(31-38)48-33-50-47-28-14-27-39(51(47)59-52(50)46-26-12-11-25-44(46)48)37-29-30-45-42-23-8-7-21-40(42)41-22-9-10-24-43(41)49(45)32-37/h1-33H. The first-order valence-electron chi connectivity index (χ1n) is 19.9. The van der Waals surface area contributed by atoms with Crippen molar-refractivity contribution in [2.45, 2.75) is 0 Å². The topological polar surface area (TPSA) is 51.8 Å². The highest BCUT2D eigenvalue weighted by molar-refractivity contribution is 6.26. The Morgan fingerprint density at radius 3 is 1.32 bits per heavy atom. The lowest BCUT2D eigenvalue weighted by atomic mass is 9.91. The van der Waals surface area contributed by atoms with Crippen LogP contribution in [0.4, 0.5) is 0 Å². The predicted molar refractivity (Wildman–Crippen MR) is 244 cm³/mol. The van der Waals surface area contributed by atoms with E-state index in [1.54, 1.807) is 0 Å². The van der Waals surface area contributed by atoms with Gasteiger partial charge in [0.2, 0.25) is 0 Å². The van der Waals surface area contributed by atoms with Crippen molar-refractivity contribution in [2.24, 2.45) is 0 Å². The second kappa shape index (κ2) is 13.3. The fourth-order valence-corrected chi connectivity index (χ4v) is 8.92. The molecule has 4 nitrogen and oxygen atoms in total. The molecule has 12 rings (SSSR count). The number of furan rings is 1. The minimum absolute atomic E-state index is 0.625. The average Bonchev–Trinajstić information content (AvgIpc) is 3.71. The Morgan fingerprint density at radius 2 is 0.678 bits per heavy atom. The first-order chi connectivity index (χ1) is 29.2. The average molecular weight is 752 g/mol. The normalized spacial score (nSPS) is 11.7. The third-order valence-electron chi connectivity index (χ3n) is 11.7. The Hall–Kier alpha value is -7.95. The van der Waals surface area contributed by atoms with Crippen LogP contribution in [-0.2, 0) is 0 Å². The summed E-state index contributed by atoms with van der Waals surface area (Å²) < 4.78 is 6.99. The van der Waals surface area contributed by atoms with Gasteiger partial charge in [-0.25, -0.2) is 15.0 Å².